The summed E-state index contributed by atoms with van der Waals surface area (Å²) in [5.74, 6) is 0. The van der Waals surface area contributed by atoms with E-state index in [0.717, 1.165) is 0 Å². The van der Waals surface area contributed by atoms with Crippen LogP contribution in [0.2, 0.25) is 0 Å². The van der Waals surface area contributed by atoms with Gasteiger partial charge in [-0.05, 0) is 0 Å². The minimum absolute atomic E-state index is 0. The van der Waals surface area contributed by atoms with Crippen LogP contribution in [0.4, 0.5) is 0 Å². The Morgan fingerprint density at radius 2 is 0.500 bits per heavy atom. The second kappa shape index (κ2) is 42.7. The molecule has 6 nitrogen and oxygen atoms in total. The summed E-state index contributed by atoms with van der Waals surface area (Å²) in [6, 6.07) is 0. The molecular formula is H6Ba3O6P2Zn3. The summed E-state index contributed by atoms with van der Waals surface area (Å²) in [4.78, 5) is 50.9. The molecule has 14 heteroatoms. The van der Waals surface area contributed by atoms with Crippen molar-refractivity contribution < 1.29 is 96.4 Å². The molecule has 0 aromatic heterocycles. The maximum atomic E-state index is 8.48. The van der Waals surface area contributed by atoms with E-state index in [1.807, 2.05) is 0 Å². The predicted molar refractivity (Wildman–Crippen MR) is 37.8 cm³/mol. The van der Waals surface area contributed by atoms with Crippen molar-refractivity contribution in [3.8, 4) is 0 Å². The Bertz CT molecular complexity index is 59.4. The van der Waals surface area contributed by atoms with Gasteiger partial charge in [0.25, 0.3) is 0 Å². The number of hydrogen-bond acceptors (Lipinski definition) is 6. The smallest absolute Gasteiger partial charge is 1.00 e. The Morgan fingerprint density at radius 1 is 0.500 bits per heavy atom. The SMILES string of the molecule is [Ba+2].[Ba+2].[Ba+2].[H-].[H-].[H-].[H-].[H-].[H-].[O-]P([O-])[O-].[O-]P([O-])[O-].[Zn+2].[Zn+2].[Zn+2]. The Hall–Kier alpha value is 7.20. The molecule has 0 spiro atoms. The zero-order valence-corrected chi connectivity index (χ0v) is 31.6. The molecule has 0 heterocycles. The molecule has 0 saturated carbocycles. The molecule has 0 unspecified atom stereocenters. The van der Waals surface area contributed by atoms with Gasteiger partial charge in [0.2, 0.25) is 0 Å². The van der Waals surface area contributed by atoms with Crippen molar-refractivity contribution in [3.05, 3.63) is 0 Å². The van der Waals surface area contributed by atoms with Crippen LogP contribution in [0.5, 0.6) is 0 Å². The van der Waals surface area contributed by atoms with Crippen LogP contribution >= 0.6 is 17.2 Å². The molecule has 0 amide bonds. The minimum atomic E-state index is -3.37. The molecule has 0 aliphatic carbocycles. The van der Waals surface area contributed by atoms with Crippen LogP contribution in [0.1, 0.15) is 8.56 Å². The molecule has 0 aromatic carbocycles. The van der Waals surface area contributed by atoms with Crippen molar-refractivity contribution in [3.63, 3.8) is 0 Å². The fraction of sp³-hybridized carbons (Fsp3) is 0. The fourth-order valence-corrected chi connectivity index (χ4v) is 0. The summed E-state index contributed by atoms with van der Waals surface area (Å²) in [5, 5.41) is 0. The van der Waals surface area contributed by atoms with Crippen molar-refractivity contribution >= 4 is 164 Å². The summed E-state index contributed by atoms with van der Waals surface area (Å²) in [6.45, 7) is 0. The zero-order valence-electron chi connectivity index (χ0n) is 13.6. The van der Waals surface area contributed by atoms with Crippen molar-refractivity contribution in [1.82, 2.24) is 0 Å². The van der Waals surface area contributed by atoms with Crippen LogP contribution in [0.15, 0.2) is 0 Å². The Balaban J connectivity index is -0.00000000187. The molecule has 0 rings (SSSR count). The molecule has 14 heavy (non-hydrogen) atoms. The zero-order chi connectivity index (χ0) is 7.15. The third-order valence-corrected chi connectivity index (χ3v) is 0. The Labute approximate surface area is 253 Å². The second-order valence-electron chi connectivity index (χ2n) is 0.447. The topological polar surface area (TPSA) is 138 Å². The van der Waals surface area contributed by atoms with E-state index in [9.17, 15) is 0 Å². The van der Waals surface area contributed by atoms with E-state index < -0.39 is 17.2 Å². The maximum absolute atomic E-state index is 8.48. The maximum Gasteiger partial charge on any atom is 2.00 e. The first-order chi connectivity index (χ1) is 3.46. The standard InChI is InChI=1S/3Ba.2O3P.3Zn.6H/c;;;2*1-4(2)3;;;;;;;;;/q3*+2;2*-3;3*+2;6*-1. The van der Waals surface area contributed by atoms with Crippen molar-refractivity contribution in [2.75, 3.05) is 0 Å². The van der Waals surface area contributed by atoms with Gasteiger partial charge in [0.05, 0.1) is 0 Å². The molecule has 0 aliphatic rings. The molecular weight excluding hydrogens is 766 g/mol. The molecule has 64 valence electrons. The second-order valence-corrected chi connectivity index (χ2v) is 1.34. The molecule has 0 saturated heterocycles. The average Bonchev–Trinajstić information content (AvgIpc) is 1.25. The summed E-state index contributed by atoms with van der Waals surface area (Å²) in [7, 11) is -6.74. The van der Waals surface area contributed by atoms with Gasteiger partial charge < -0.3 is 55.1 Å². The minimum Gasteiger partial charge on any atom is -1.00 e. The van der Waals surface area contributed by atoms with Crippen LogP contribution in [0, 0.1) is 0 Å². The van der Waals surface area contributed by atoms with Gasteiger partial charge in [-0.15, -0.1) is 0 Å². The van der Waals surface area contributed by atoms with Crippen LogP contribution in [0.25, 0.3) is 0 Å². The summed E-state index contributed by atoms with van der Waals surface area (Å²) in [5.41, 5.74) is 0. The average molecular weight is 772 g/mol. The van der Waals surface area contributed by atoms with Gasteiger partial charge in [0.1, 0.15) is 0 Å². The normalized spacial score (nSPS) is 5.14. The van der Waals surface area contributed by atoms with Crippen molar-refractivity contribution in [2.45, 2.75) is 0 Å². The molecule has 0 atom stereocenters. The third kappa shape index (κ3) is 123. The molecule has 0 bridgehead atoms. The van der Waals surface area contributed by atoms with Crippen molar-refractivity contribution in [1.29, 1.82) is 0 Å². The van der Waals surface area contributed by atoms with Gasteiger partial charge in [-0.3, -0.25) is 0 Å². The van der Waals surface area contributed by atoms with Crippen LogP contribution < -0.4 is 29.4 Å². The Kier molecular flexibility index (Phi) is 152. The largest absolute Gasteiger partial charge is 2.00 e. The monoisotopic (exact) mass is 769 g/mol. The van der Waals surface area contributed by atoms with E-state index in [-0.39, 0.29) is 214 Å². The Morgan fingerprint density at radius 3 is 0.500 bits per heavy atom. The van der Waals surface area contributed by atoms with E-state index in [0.29, 0.717) is 0 Å². The van der Waals surface area contributed by atoms with Crippen LogP contribution in [-0.4, -0.2) is 147 Å². The van der Waals surface area contributed by atoms with Crippen LogP contribution in [-0.2, 0) is 58.4 Å². The van der Waals surface area contributed by atoms with E-state index in [1.165, 1.54) is 0 Å². The summed E-state index contributed by atoms with van der Waals surface area (Å²) >= 11 is 0. The van der Waals surface area contributed by atoms with Gasteiger partial charge in [-0.2, -0.15) is 0 Å². The summed E-state index contributed by atoms with van der Waals surface area (Å²) < 4.78 is 0. The summed E-state index contributed by atoms with van der Waals surface area (Å²) in [6.07, 6.45) is 0. The van der Waals surface area contributed by atoms with Gasteiger partial charge in [-0.25, -0.2) is 0 Å². The van der Waals surface area contributed by atoms with Crippen LogP contribution in [0.3, 0.4) is 0 Å². The van der Waals surface area contributed by atoms with E-state index in [4.69, 9.17) is 29.4 Å². The van der Waals surface area contributed by atoms with Gasteiger partial charge in [-0.1, -0.05) is 0 Å². The number of rotatable bonds is 0. The first-order valence-corrected chi connectivity index (χ1v) is 3.29. The third-order valence-electron chi connectivity index (χ3n) is 0. The number of hydrogen-bond donors (Lipinski definition) is 0. The molecule has 0 aliphatic heterocycles. The molecule has 0 N–H and O–H groups in total. The van der Waals surface area contributed by atoms with Gasteiger partial charge >= 0.3 is 205 Å². The van der Waals surface area contributed by atoms with Gasteiger partial charge in [0, 0.05) is 0 Å². The molecule has 0 radical (unpaired) electrons. The first-order valence-electron chi connectivity index (χ1n) is 1.10. The quantitative estimate of drug-likeness (QED) is 0.178. The van der Waals surface area contributed by atoms with Gasteiger partial charge in [0.15, 0.2) is 0 Å². The van der Waals surface area contributed by atoms with E-state index >= 15 is 0 Å². The first kappa shape index (κ1) is 49.6. The molecule has 0 aromatic rings. The molecule has 0 fully saturated rings. The van der Waals surface area contributed by atoms with E-state index in [1.54, 1.807) is 0 Å². The van der Waals surface area contributed by atoms with Crippen molar-refractivity contribution in [2.24, 2.45) is 0 Å². The predicted octanol–water partition coefficient (Wildman–Crippen LogP) is -5.89. The van der Waals surface area contributed by atoms with E-state index in [2.05, 4.69) is 0 Å². The fourth-order valence-electron chi connectivity index (χ4n) is 0.